The van der Waals surface area contributed by atoms with Crippen molar-refractivity contribution in [2.75, 3.05) is 31.9 Å². The van der Waals surface area contributed by atoms with E-state index in [9.17, 15) is 27.2 Å². The minimum atomic E-state index is -3.25. The van der Waals surface area contributed by atoms with Crippen molar-refractivity contribution in [3.05, 3.63) is 40.6 Å². The summed E-state index contributed by atoms with van der Waals surface area (Å²) >= 11 is 0.734. The fourth-order valence-corrected chi connectivity index (χ4v) is 5.43. The van der Waals surface area contributed by atoms with E-state index in [1.807, 2.05) is 0 Å². The standard InChI is InChI=1S/C20H24FN3O5S2/c1-2-31(28,29)23-10-7-14(8-11-23)18(25)22-9-12-24-19(26)17(30-20(24)27)13-15-5-3-4-6-16(15)21/h3-6,13-14H,2,7-12H2,1H3,(H,22,25)/b17-13-. The Bertz CT molecular complexity index is 1000. The molecule has 168 valence electrons. The fraction of sp³-hybridized carbons (Fsp3) is 0.450. The van der Waals surface area contributed by atoms with E-state index < -0.39 is 27.0 Å². The third-order valence-corrected chi connectivity index (χ3v) is 8.07. The molecule has 0 atom stereocenters. The highest BCUT2D eigenvalue weighted by Crippen LogP contribution is 2.32. The van der Waals surface area contributed by atoms with Crippen molar-refractivity contribution in [3.63, 3.8) is 0 Å². The molecular formula is C20H24FN3O5S2. The maximum Gasteiger partial charge on any atom is 0.293 e. The number of sulfonamides is 1. The molecule has 1 aromatic rings. The highest BCUT2D eigenvalue weighted by Gasteiger charge is 2.35. The number of carbonyl (C=O) groups is 3. The summed E-state index contributed by atoms with van der Waals surface area (Å²) in [7, 11) is -3.25. The number of hydrogen-bond donors (Lipinski definition) is 1. The van der Waals surface area contributed by atoms with Crippen LogP contribution in [0.25, 0.3) is 6.08 Å². The van der Waals surface area contributed by atoms with Crippen LogP contribution < -0.4 is 5.32 Å². The van der Waals surface area contributed by atoms with Gasteiger partial charge in [-0.3, -0.25) is 19.3 Å². The first-order chi connectivity index (χ1) is 14.7. The summed E-state index contributed by atoms with van der Waals surface area (Å²) < 4.78 is 39.0. The summed E-state index contributed by atoms with van der Waals surface area (Å²) in [5.74, 6) is -1.50. The first-order valence-corrected chi connectivity index (χ1v) is 12.4. The lowest BCUT2D eigenvalue weighted by molar-refractivity contribution is -0.127. The van der Waals surface area contributed by atoms with Crippen molar-refractivity contribution < 1.29 is 27.2 Å². The second-order valence-electron chi connectivity index (χ2n) is 7.22. The molecule has 3 rings (SSSR count). The SMILES string of the molecule is CCS(=O)(=O)N1CCC(C(=O)NCCN2C(=O)S/C(=C\c3ccccc3F)C2=O)CC1. The first-order valence-electron chi connectivity index (χ1n) is 9.98. The number of thioether (sulfide) groups is 1. The zero-order chi connectivity index (χ0) is 22.6. The van der Waals surface area contributed by atoms with Crippen LogP contribution in [0.3, 0.4) is 0 Å². The van der Waals surface area contributed by atoms with Gasteiger partial charge in [0.1, 0.15) is 5.82 Å². The molecule has 2 aliphatic rings. The summed E-state index contributed by atoms with van der Waals surface area (Å²) in [6.45, 7) is 2.30. The third-order valence-electron chi connectivity index (χ3n) is 5.28. The Morgan fingerprint density at radius 1 is 1.26 bits per heavy atom. The number of benzene rings is 1. The van der Waals surface area contributed by atoms with Crippen LogP contribution in [0.4, 0.5) is 9.18 Å². The molecule has 2 fully saturated rings. The number of rotatable bonds is 7. The lowest BCUT2D eigenvalue weighted by Crippen LogP contribution is -2.45. The number of carbonyl (C=O) groups excluding carboxylic acids is 3. The summed E-state index contributed by atoms with van der Waals surface area (Å²) in [5.41, 5.74) is 0.220. The lowest BCUT2D eigenvalue weighted by atomic mass is 9.97. The van der Waals surface area contributed by atoms with Crippen LogP contribution in [-0.2, 0) is 19.6 Å². The van der Waals surface area contributed by atoms with Crippen LogP contribution in [0.15, 0.2) is 29.2 Å². The van der Waals surface area contributed by atoms with Crippen LogP contribution >= 0.6 is 11.8 Å². The van der Waals surface area contributed by atoms with E-state index in [1.54, 1.807) is 13.0 Å². The van der Waals surface area contributed by atoms with Gasteiger partial charge < -0.3 is 5.32 Å². The van der Waals surface area contributed by atoms with Crippen LogP contribution in [-0.4, -0.2) is 66.6 Å². The predicted molar refractivity (Wildman–Crippen MR) is 116 cm³/mol. The normalized spacial score (nSPS) is 19.9. The number of nitrogens with one attached hydrogen (secondary N) is 1. The Morgan fingerprint density at radius 3 is 2.58 bits per heavy atom. The smallest absolute Gasteiger partial charge is 0.293 e. The molecule has 0 aliphatic carbocycles. The van der Waals surface area contributed by atoms with E-state index in [1.165, 1.54) is 28.6 Å². The zero-order valence-electron chi connectivity index (χ0n) is 17.0. The molecule has 0 bridgehead atoms. The van der Waals surface area contributed by atoms with E-state index in [4.69, 9.17) is 0 Å². The van der Waals surface area contributed by atoms with Crippen LogP contribution in [0, 0.1) is 11.7 Å². The van der Waals surface area contributed by atoms with Gasteiger partial charge >= 0.3 is 0 Å². The Hall–Kier alpha value is -2.24. The molecule has 0 saturated carbocycles. The zero-order valence-corrected chi connectivity index (χ0v) is 18.7. The molecule has 2 saturated heterocycles. The number of nitrogens with zero attached hydrogens (tertiary/aromatic N) is 2. The van der Waals surface area contributed by atoms with Gasteiger partial charge in [-0.1, -0.05) is 18.2 Å². The van der Waals surface area contributed by atoms with Gasteiger partial charge in [0.05, 0.1) is 10.7 Å². The third kappa shape index (κ3) is 5.52. The Labute approximate surface area is 184 Å². The highest BCUT2D eigenvalue weighted by molar-refractivity contribution is 8.18. The Morgan fingerprint density at radius 2 is 1.94 bits per heavy atom. The molecule has 0 aromatic heterocycles. The number of imide groups is 1. The average Bonchev–Trinajstić information content (AvgIpc) is 3.02. The first kappa shape index (κ1) is 23.4. The van der Waals surface area contributed by atoms with Gasteiger partial charge in [0, 0.05) is 37.7 Å². The van der Waals surface area contributed by atoms with Gasteiger partial charge in [-0.2, -0.15) is 0 Å². The van der Waals surface area contributed by atoms with E-state index >= 15 is 0 Å². The quantitative estimate of drug-likeness (QED) is 0.613. The molecule has 2 heterocycles. The summed E-state index contributed by atoms with van der Waals surface area (Å²) in [4.78, 5) is 38.2. The number of hydrogen-bond acceptors (Lipinski definition) is 6. The Kier molecular flexibility index (Phi) is 7.50. The molecular weight excluding hydrogens is 445 g/mol. The number of piperidine rings is 1. The second-order valence-corrected chi connectivity index (χ2v) is 10.5. The maximum atomic E-state index is 13.8. The highest BCUT2D eigenvalue weighted by atomic mass is 32.2. The van der Waals surface area contributed by atoms with Crippen molar-refractivity contribution >= 4 is 44.9 Å². The molecule has 11 heteroatoms. The molecule has 0 radical (unpaired) electrons. The number of amides is 3. The summed E-state index contributed by atoms with van der Waals surface area (Å²) in [6, 6.07) is 5.96. The molecule has 8 nitrogen and oxygen atoms in total. The van der Waals surface area contributed by atoms with Gasteiger partial charge in [-0.25, -0.2) is 17.1 Å². The van der Waals surface area contributed by atoms with Crippen molar-refractivity contribution in [2.45, 2.75) is 19.8 Å². The van der Waals surface area contributed by atoms with E-state index in [0.29, 0.717) is 25.9 Å². The van der Waals surface area contributed by atoms with Crippen molar-refractivity contribution in [3.8, 4) is 0 Å². The van der Waals surface area contributed by atoms with Crippen molar-refractivity contribution in [2.24, 2.45) is 5.92 Å². The van der Waals surface area contributed by atoms with E-state index in [0.717, 1.165) is 16.7 Å². The van der Waals surface area contributed by atoms with E-state index in [2.05, 4.69) is 5.32 Å². The van der Waals surface area contributed by atoms with Crippen LogP contribution in [0.2, 0.25) is 0 Å². The van der Waals surface area contributed by atoms with Gasteiger partial charge in [0.25, 0.3) is 11.1 Å². The van der Waals surface area contributed by atoms with Crippen LogP contribution in [0.1, 0.15) is 25.3 Å². The second kappa shape index (κ2) is 9.92. The van der Waals surface area contributed by atoms with Crippen molar-refractivity contribution in [1.29, 1.82) is 0 Å². The monoisotopic (exact) mass is 469 g/mol. The van der Waals surface area contributed by atoms with Gasteiger partial charge in [0.15, 0.2) is 0 Å². The molecule has 0 unspecified atom stereocenters. The summed E-state index contributed by atoms with van der Waals surface area (Å²) in [5, 5.41) is 2.25. The fourth-order valence-electron chi connectivity index (χ4n) is 3.44. The Balaban J connectivity index is 1.49. The van der Waals surface area contributed by atoms with Crippen LogP contribution in [0.5, 0.6) is 0 Å². The lowest BCUT2D eigenvalue weighted by Gasteiger charge is -2.30. The van der Waals surface area contributed by atoms with Gasteiger partial charge in [-0.05, 0) is 43.7 Å². The topological polar surface area (TPSA) is 104 Å². The molecule has 3 amide bonds. The predicted octanol–water partition coefficient (Wildman–Crippen LogP) is 2.04. The maximum absolute atomic E-state index is 13.8. The summed E-state index contributed by atoms with van der Waals surface area (Å²) in [6.07, 6.45) is 2.20. The molecule has 2 aliphatic heterocycles. The molecule has 31 heavy (non-hydrogen) atoms. The van der Waals surface area contributed by atoms with Crippen molar-refractivity contribution in [1.82, 2.24) is 14.5 Å². The van der Waals surface area contributed by atoms with Gasteiger partial charge in [-0.15, -0.1) is 0 Å². The molecule has 0 spiro atoms. The molecule has 1 aromatic carbocycles. The largest absolute Gasteiger partial charge is 0.354 e. The minimum Gasteiger partial charge on any atom is -0.354 e. The van der Waals surface area contributed by atoms with Gasteiger partial charge in [0.2, 0.25) is 15.9 Å². The minimum absolute atomic E-state index is 0.00801. The number of halogens is 1. The van der Waals surface area contributed by atoms with E-state index in [-0.39, 0.29) is 41.1 Å². The molecule has 1 N–H and O–H groups in total. The average molecular weight is 470 g/mol.